The van der Waals surface area contributed by atoms with Crippen LogP contribution >= 0.6 is 0 Å². The van der Waals surface area contributed by atoms with Gasteiger partial charge in [0, 0.05) is 6.08 Å². The fourth-order valence-electron chi connectivity index (χ4n) is 2.36. The Labute approximate surface area is 109 Å². The van der Waals surface area contributed by atoms with Crippen molar-refractivity contribution in [3.8, 4) is 0 Å². The van der Waals surface area contributed by atoms with Gasteiger partial charge in [-0.15, -0.1) is 0 Å². The number of fused-ring (bicyclic) bond motifs is 3. The van der Waals surface area contributed by atoms with Gasteiger partial charge < -0.3 is 0 Å². The normalized spacial score (nSPS) is 11.4. The van der Waals surface area contributed by atoms with Gasteiger partial charge in [0.1, 0.15) is 0 Å². The highest BCUT2D eigenvalue weighted by Gasteiger charge is 2.04. The van der Waals surface area contributed by atoms with Gasteiger partial charge in [-0.1, -0.05) is 48.5 Å². The second-order valence-electron chi connectivity index (χ2n) is 4.33. The first-order valence-corrected chi connectivity index (χ1v) is 5.98. The molecular formula is C16H11NO2. The van der Waals surface area contributed by atoms with Crippen LogP contribution < -0.4 is 0 Å². The van der Waals surface area contributed by atoms with Gasteiger partial charge >= 0.3 is 0 Å². The van der Waals surface area contributed by atoms with Crippen molar-refractivity contribution in [2.24, 2.45) is 0 Å². The van der Waals surface area contributed by atoms with E-state index >= 15 is 0 Å². The Morgan fingerprint density at radius 2 is 1.53 bits per heavy atom. The van der Waals surface area contributed by atoms with Gasteiger partial charge in [0.2, 0.25) is 6.20 Å². The van der Waals surface area contributed by atoms with Gasteiger partial charge in [0.05, 0.1) is 4.92 Å². The van der Waals surface area contributed by atoms with Crippen LogP contribution in [0.5, 0.6) is 0 Å². The molecule has 3 aromatic rings. The quantitative estimate of drug-likeness (QED) is 0.387. The van der Waals surface area contributed by atoms with Crippen LogP contribution in [0.1, 0.15) is 5.56 Å². The Bertz CT molecular complexity index is 806. The minimum atomic E-state index is -0.441. The summed E-state index contributed by atoms with van der Waals surface area (Å²) >= 11 is 0. The van der Waals surface area contributed by atoms with Gasteiger partial charge in [-0.2, -0.15) is 0 Å². The predicted molar refractivity (Wildman–Crippen MR) is 77.5 cm³/mol. The van der Waals surface area contributed by atoms with Crippen LogP contribution in [0.25, 0.3) is 27.6 Å². The van der Waals surface area contributed by atoms with E-state index in [9.17, 15) is 10.1 Å². The summed E-state index contributed by atoms with van der Waals surface area (Å²) in [5.41, 5.74) is 0.867. The predicted octanol–water partition coefficient (Wildman–Crippen LogP) is 4.24. The molecule has 0 bridgehead atoms. The first-order valence-electron chi connectivity index (χ1n) is 5.98. The molecule has 0 unspecified atom stereocenters. The maximum absolute atomic E-state index is 10.5. The highest BCUT2D eigenvalue weighted by atomic mass is 16.6. The smallest absolute Gasteiger partial charge is 0.235 e. The van der Waals surface area contributed by atoms with Crippen molar-refractivity contribution in [3.05, 3.63) is 76.5 Å². The van der Waals surface area contributed by atoms with Crippen LogP contribution in [0.15, 0.2) is 60.8 Å². The van der Waals surface area contributed by atoms with Gasteiger partial charge in [0.25, 0.3) is 0 Å². The molecule has 0 aromatic heterocycles. The minimum absolute atomic E-state index is 0.441. The van der Waals surface area contributed by atoms with Crippen LogP contribution in [0.4, 0.5) is 0 Å². The van der Waals surface area contributed by atoms with Crippen molar-refractivity contribution in [1.29, 1.82) is 0 Å². The second-order valence-corrected chi connectivity index (χ2v) is 4.33. The molecule has 0 aliphatic rings. The Balaban J connectivity index is 2.39. The molecule has 92 valence electrons. The number of rotatable bonds is 2. The molecule has 0 radical (unpaired) electrons. The molecule has 0 amide bonds. The molecule has 3 heteroatoms. The molecule has 0 heterocycles. The van der Waals surface area contributed by atoms with Crippen molar-refractivity contribution in [1.82, 2.24) is 0 Å². The van der Waals surface area contributed by atoms with Crippen LogP contribution in [-0.4, -0.2) is 4.92 Å². The van der Waals surface area contributed by atoms with E-state index in [0.29, 0.717) is 0 Å². The molecule has 0 aliphatic heterocycles. The molecule has 0 fully saturated rings. The Hall–Kier alpha value is -2.68. The number of nitro groups is 1. The summed E-state index contributed by atoms with van der Waals surface area (Å²) < 4.78 is 0. The summed E-state index contributed by atoms with van der Waals surface area (Å²) in [5, 5.41) is 14.9. The lowest BCUT2D eigenvalue weighted by molar-refractivity contribution is -0.400. The fourth-order valence-corrected chi connectivity index (χ4v) is 2.36. The summed E-state index contributed by atoms with van der Waals surface area (Å²) in [6.07, 6.45) is 2.53. The average molecular weight is 249 g/mol. The number of hydrogen-bond donors (Lipinski definition) is 0. The van der Waals surface area contributed by atoms with Crippen molar-refractivity contribution in [3.63, 3.8) is 0 Å². The van der Waals surface area contributed by atoms with Gasteiger partial charge in [-0.05, 0) is 33.2 Å². The average Bonchev–Trinajstić information content (AvgIpc) is 2.44. The Kier molecular flexibility index (Phi) is 2.72. The number of hydrogen-bond acceptors (Lipinski definition) is 2. The zero-order valence-corrected chi connectivity index (χ0v) is 10.1. The van der Waals surface area contributed by atoms with Crippen molar-refractivity contribution in [2.75, 3.05) is 0 Å². The molecule has 0 saturated carbocycles. The van der Waals surface area contributed by atoms with E-state index in [4.69, 9.17) is 0 Å². The second kappa shape index (κ2) is 4.53. The van der Waals surface area contributed by atoms with Gasteiger partial charge in [0.15, 0.2) is 0 Å². The SMILES string of the molecule is O=[N+]([O-])/C=C\c1cc2ccccc2c2ccccc12. The van der Waals surface area contributed by atoms with Crippen molar-refractivity contribution in [2.45, 2.75) is 0 Å². The summed E-state index contributed by atoms with van der Waals surface area (Å²) in [7, 11) is 0. The summed E-state index contributed by atoms with van der Waals surface area (Å²) in [6.45, 7) is 0. The standard InChI is InChI=1S/C16H11NO2/c18-17(19)10-9-13-11-12-5-1-2-6-14(12)16-8-4-3-7-15(13)16/h1-11H/b10-9-. The van der Waals surface area contributed by atoms with E-state index in [1.54, 1.807) is 6.08 Å². The molecule has 0 spiro atoms. The van der Waals surface area contributed by atoms with Crippen molar-refractivity contribution >= 4 is 27.6 Å². The molecule has 3 rings (SSSR count). The number of nitrogens with zero attached hydrogens (tertiary/aromatic N) is 1. The van der Waals surface area contributed by atoms with E-state index in [2.05, 4.69) is 6.07 Å². The van der Waals surface area contributed by atoms with Crippen molar-refractivity contribution < 1.29 is 4.92 Å². The fraction of sp³-hybridized carbons (Fsp3) is 0. The van der Waals surface area contributed by atoms with Gasteiger partial charge in [-0.3, -0.25) is 10.1 Å². The molecule has 3 aromatic carbocycles. The third kappa shape index (κ3) is 2.06. The summed E-state index contributed by atoms with van der Waals surface area (Å²) in [4.78, 5) is 10.1. The van der Waals surface area contributed by atoms with Gasteiger partial charge in [-0.25, -0.2) is 0 Å². The van der Waals surface area contributed by atoms with E-state index < -0.39 is 4.92 Å². The molecule has 0 saturated heterocycles. The zero-order chi connectivity index (χ0) is 13.2. The van der Waals surface area contributed by atoms with E-state index in [-0.39, 0.29) is 0 Å². The first kappa shape index (κ1) is 11.4. The van der Waals surface area contributed by atoms with E-state index in [1.807, 2.05) is 48.5 Å². The zero-order valence-electron chi connectivity index (χ0n) is 10.1. The summed E-state index contributed by atoms with van der Waals surface area (Å²) in [5.74, 6) is 0. The molecular weight excluding hydrogens is 238 g/mol. The maximum atomic E-state index is 10.5. The van der Waals surface area contributed by atoms with Crippen LogP contribution in [-0.2, 0) is 0 Å². The monoisotopic (exact) mass is 249 g/mol. The molecule has 0 N–H and O–H groups in total. The van der Waals surface area contributed by atoms with Crippen LogP contribution in [0.3, 0.4) is 0 Å². The largest absolute Gasteiger partial charge is 0.259 e. The Morgan fingerprint density at radius 1 is 0.895 bits per heavy atom. The lowest BCUT2D eigenvalue weighted by Gasteiger charge is -2.06. The molecule has 3 nitrogen and oxygen atoms in total. The third-order valence-electron chi connectivity index (χ3n) is 3.18. The maximum Gasteiger partial charge on any atom is 0.235 e. The topological polar surface area (TPSA) is 43.1 Å². The molecule has 19 heavy (non-hydrogen) atoms. The minimum Gasteiger partial charge on any atom is -0.259 e. The molecule has 0 aliphatic carbocycles. The van der Waals surface area contributed by atoms with E-state index in [0.717, 1.165) is 33.3 Å². The first-order chi connectivity index (χ1) is 9.25. The summed E-state index contributed by atoms with van der Waals surface area (Å²) in [6, 6.07) is 18.0. The van der Waals surface area contributed by atoms with Crippen LogP contribution in [0, 0.1) is 10.1 Å². The highest BCUT2D eigenvalue weighted by Crippen LogP contribution is 2.29. The lowest BCUT2D eigenvalue weighted by atomic mass is 9.97. The third-order valence-corrected chi connectivity index (χ3v) is 3.18. The van der Waals surface area contributed by atoms with E-state index in [1.165, 1.54) is 0 Å². The molecule has 0 atom stereocenters. The van der Waals surface area contributed by atoms with Crippen LogP contribution in [0.2, 0.25) is 0 Å². The number of benzene rings is 3. The highest BCUT2D eigenvalue weighted by molar-refractivity contribution is 6.10. The Morgan fingerprint density at radius 3 is 2.26 bits per heavy atom. The lowest BCUT2D eigenvalue weighted by Crippen LogP contribution is -1.85.